The first kappa shape index (κ1) is 23.8. The van der Waals surface area contributed by atoms with Gasteiger partial charge in [0.2, 0.25) is 11.8 Å². The molecule has 1 saturated carbocycles. The van der Waals surface area contributed by atoms with Gasteiger partial charge in [0.05, 0.1) is 28.1 Å². The van der Waals surface area contributed by atoms with E-state index in [1.54, 1.807) is 31.2 Å². The molecule has 1 saturated heterocycles. The maximum Gasteiger partial charge on any atom is 0.338 e. The maximum atomic E-state index is 13.1. The minimum absolute atomic E-state index is 0.129. The number of anilines is 2. The third-order valence-corrected chi connectivity index (χ3v) is 8.57. The van der Waals surface area contributed by atoms with Crippen LogP contribution in [0, 0.1) is 30.6 Å². The molecule has 1 heterocycles. The van der Waals surface area contributed by atoms with Crippen LogP contribution >= 0.6 is 27.5 Å². The van der Waals surface area contributed by atoms with Crippen molar-refractivity contribution in [1.82, 2.24) is 0 Å². The van der Waals surface area contributed by atoms with E-state index in [4.69, 9.17) is 16.3 Å². The second-order valence-corrected chi connectivity index (χ2v) is 10.4. The summed E-state index contributed by atoms with van der Waals surface area (Å²) in [5.41, 5.74) is 3.04. The van der Waals surface area contributed by atoms with Crippen LogP contribution in [0.1, 0.15) is 29.3 Å². The molecular weight excluding hydrogens is 536 g/mol. The molecule has 2 aromatic carbocycles. The Morgan fingerprint density at radius 1 is 1.09 bits per heavy atom. The van der Waals surface area contributed by atoms with Gasteiger partial charge in [0.15, 0.2) is 6.61 Å². The van der Waals surface area contributed by atoms with Crippen molar-refractivity contribution < 1.29 is 23.9 Å². The summed E-state index contributed by atoms with van der Waals surface area (Å²) in [6.07, 6.45) is 3.00. The molecule has 1 N–H and O–H groups in total. The van der Waals surface area contributed by atoms with Crippen molar-refractivity contribution >= 4 is 62.6 Å². The lowest BCUT2D eigenvalue weighted by Gasteiger charge is -2.19. The molecule has 2 aromatic rings. The van der Waals surface area contributed by atoms with Gasteiger partial charge in [-0.1, -0.05) is 23.3 Å². The topological polar surface area (TPSA) is 92.8 Å². The Hall–Kier alpha value is -2.97. The van der Waals surface area contributed by atoms with Crippen molar-refractivity contribution in [2.75, 3.05) is 16.8 Å². The summed E-state index contributed by atoms with van der Waals surface area (Å²) in [6, 6.07) is 9.50. The van der Waals surface area contributed by atoms with Crippen molar-refractivity contribution in [3.63, 3.8) is 0 Å². The average molecular weight is 558 g/mol. The monoisotopic (exact) mass is 556 g/mol. The summed E-state index contributed by atoms with van der Waals surface area (Å²) in [6.45, 7) is 3.31. The standard InChI is InChI=1S/C26H22BrClN2O5/c1-12-9-15-10-17(12)22-21(15)24(32)30(25(22)33)16-5-3-14(4-6-16)26(34)35-11-20(31)29-19-8-7-18(27)23(28)13(19)2/h3-9,15,17,21-22H,10-11H2,1-2H3,(H,29,31)/t15-,17+,21-,22+/m0/s1. The number of carbonyl (C=O) groups excluding carboxylic acids is 4. The van der Waals surface area contributed by atoms with Crippen LogP contribution in [0.5, 0.6) is 0 Å². The molecular formula is C26H22BrClN2O5. The number of imide groups is 1. The number of hydrogen-bond donors (Lipinski definition) is 1. The number of nitrogens with one attached hydrogen (secondary N) is 1. The van der Waals surface area contributed by atoms with E-state index in [1.807, 2.05) is 6.92 Å². The van der Waals surface area contributed by atoms with E-state index < -0.39 is 18.5 Å². The van der Waals surface area contributed by atoms with Gasteiger partial charge in [-0.15, -0.1) is 0 Å². The Morgan fingerprint density at radius 3 is 2.49 bits per heavy atom. The zero-order valence-electron chi connectivity index (χ0n) is 19.0. The molecule has 0 radical (unpaired) electrons. The minimum atomic E-state index is -0.689. The first-order chi connectivity index (χ1) is 16.7. The molecule has 2 bridgehead atoms. The molecule has 3 aliphatic rings. The smallest absolute Gasteiger partial charge is 0.338 e. The number of esters is 1. The van der Waals surface area contributed by atoms with Crippen molar-refractivity contribution in [1.29, 1.82) is 0 Å². The molecule has 3 amide bonds. The third kappa shape index (κ3) is 3.98. The zero-order valence-corrected chi connectivity index (χ0v) is 21.4. The highest BCUT2D eigenvalue weighted by Crippen LogP contribution is 2.55. The summed E-state index contributed by atoms with van der Waals surface area (Å²) < 4.78 is 5.84. The lowest BCUT2D eigenvalue weighted by molar-refractivity contribution is -0.123. The molecule has 4 atom stereocenters. The number of ether oxygens (including phenoxy) is 1. The molecule has 0 aromatic heterocycles. The first-order valence-corrected chi connectivity index (χ1v) is 12.4. The number of hydrogen-bond acceptors (Lipinski definition) is 5. The number of carbonyl (C=O) groups is 4. The predicted molar refractivity (Wildman–Crippen MR) is 134 cm³/mol. The van der Waals surface area contributed by atoms with Gasteiger partial charge in [-0.2, -0.15) is 0 Å². The molecule has 35 heavy (non-hydrogen) atoms. The van der Waals surface area contributed by atoms with Gasteiger partial charge in [0.25, 0.3) is 5.91 Å². The van der Waals surface area contributed by atoms with Crippen molar-refractivity contribution in [2.45, 2.75) is 20.3 Å². The largest absolute Gasteiger partial charge is 0.452 e. The summed E-state index contributed by atoms with van der Waals surface area (Å²) in [4.78, 5) is 52.0. The quantitative estimate of drug-likeness (QED) is 0.320. The van der Waals surface area contributed by atoms with Crippen LogP contribution in [0.25, 0.3) is 0 Å². The lowest BCUT2D eigenvalue weighted by Crippen LogP contribution is -2.33. The fraction of sp³-hybridized carbons (Fsp3) is 0.308. The van der Waals surface area contributed by atoms with Crippen LogP contribution in [0.3, 0.4) is 0 Å². The predicted octanol–water partition coefficient (Wildman–Crippen LogP) is 4.91. The first-order valence-electron chi connectivity index (χ1n) is 11.2. The molecule has 9 heteroatoms. The highest BCUT2D eigenvalue weighted by molar-refractivity contribution is 9.10. The van der Waals surface area contributed by atoms with Gasteiger partial charge < -0.3 is 10.1 Å². The summed E-state index contributed by atoms with van der Waals surface area (Å²) in [5, 5.41) is 3.15. The van der Waals surface area contributed by atoms with E-state index in [2.05, 4.69) is 27.3 Å². The zero-order chi connectivity index (χ0) is 25.0. The van der Waals surface area contributed by atoms with E-state index in [9.17, 15) is 19.2 Å². The molecule has 5 rings (SSSR count). The van der Waals surface area contributed by atoms with Crippen LogP contribution in [-0.2, 0) is 19.1 Å². The van der Waals surface area contributed by atoms with Crippen LogP contribution in [0.2, 0.25) is 5.02 Å². The van der Waals surface area contributed by atoms with Crippen molar-refractivity contribution in [3.05, 3.63) is 68.7 Å². The Kier molecular flexibility index (Phi) is 6.05. The van der Waals surface area contributed by atoms with E-state index in [1.165, 1.54) is 22.6 Å². The summed E-state index contributed by atoms with van der Waals surface area (Å²) in [7, 11) is 0. The van der Waals surface area contributed by atoms with E-state index in [0.29, 0.717) is 26.4 Å². The molecule has 0 unspecified atom stereocenters. The van der Waals surface area contributed by atoms with E-state index in [-0.39, 0.29) is 41.0 Å². The SMILES string of the molecule is CC1=C[C@H]2C[C@H]1[C@H]1C(=O)N(c3ccc(C(=O)OCC(=O)Nc4ccc(Br)c(Cl)c4C)cc3)C(=O)[C@H]12. The summed E-state index contributed by atoms with van der Waals surface area (Å²) in [5.74, 6) is -1.84. The maximum absolute atomic E-state index is 13.1. The molecule has 7 nitrogen and oxygen atoms in total. The van der Waals surface area contributed by atoms with Crippen LogP contribution in [0.4, 0.5) is 11.4 Å². The number of halogens is 2. The van der Waals surface area contributed by atoms with Gasteiger partial charge in [0, 0.05) is 10.2 Å². The van der Waals surface area contributed by atoms with Crippen LogP contribution in [0.15, 0.2) is 52.5 Å². The minimum Gasteiger partial charge on any atom is -0.452 e. The molecule has 2 aliphatic carbocycles. The van der Waals surface area contributed by atoms with E-state index >= 15 is 0 Å². The second-order valence-electron chi connectivity index (χ2n) is 9.19. The number of fused-ring (bicyclic) bond motifs is 5. The fourth-order valence-electron chi connectivity index (χ4n) is 5.46. The number of nitrogens with zero attached hydrogens (tertiary/aromatic N) is 1. The Labute approximate surface area is 215 Å². The van der Waals surface area contributed by atoms with Crippen molar-refractivity contribution in [2.24, 2.45) is 23.7 Å². The molecule has 180 valence electrons. The van der Waals surface area contributed by atoms with Crippen LogP contribution < -0.4 is 10.2 Å². The van der Waals surface area contributed by atoms with Crippen molar-refractivity contribution in [3.8, 4) is 0 Å². The van der Waals surface area contributed by atoms with Gasteiger partial charge in [-0.3, -0.25) is 19.3 Å². The van der Waals surface area contributed by atoms with Gasteiger partial charge >= 0.3 is 5.97 Å². The Bertz CT molecular complexity index is 1310. The fourth-order valence-corrected chi connectivity index (χ4v) is 6.06. The van der Waals surface area contributed by atoms with Gasteiger partial charge in [-0.05, 0) is 90.0 Å². The number of rotatable bonds is 5. The highest BCUT2D eigenvalue weighted by Gasteiger charge is 2.60. The number of benzene rings is 2. The van der Waals surface area contributed by atoms with Gasteiger partial charge in [0.1, 0.15) is 0 Å². The average Bonchev–Trinajstić information content (AvgIpc) is 3.48. The van der Waals surface area contributed by atoms with E-state index in [0.717, 1.165) is 6.42 Å². The number of allylic oxidation sites excluding steroid dienone is 2. The second kappa shape index (κ2) is 8.91. The Morgan fingerprint density at radius 2 is 1.77 bits per heavy atom. The highest BCUT2D eigenvalue weighted by atomic mass is 79.9. The number of amides is 3. The molecule has 2 fully saturated rings. The summed E-state index contributed by atoms with van der Waals surface area (Å²) >= 11 is 9.49. The normalized spacial score (nSPS) is 24.5. The third-order valence-electron chi connectivity index (χ3n) is 7.19. The van der Waals surface area contributed by atoms with Crippen LogP contribution in [-0.4, -0.2) is 30.3 Å². The Balaban J connectivity index is 1.21. The molecule has 1 aliphatic heterocycles. The van der Waals surface area contributed by atoms with Gasteiger partial charge in [-0.25, -0.2) is 4.79 Å². The lowest BCUT2D eigenvalue weighted by atomic mass is 9.82. The molecule has 0 spiro atoms.